The lowest BCUT2D eigenvalue weighted by Gasteiger charge is -2.03. The number of hydrogen-bond acceptors (Lipinski definition) is 4. The molecule has 5 heteroatoms. The first-order valence-corrected chi connectivity index (χ1v) is 6.36. The number of unbranched alkanes of at least 4 members (excludes halogenated alkanes) is 5. The van der Waals surface area contributed by atoms with Gasteiger partial charge < -0.3 is 16.2 Å². The fourth-order valence-corrected chi connectivity index (χ4v) is 1.83. The van der Waals surface area contributed by atoms with Crippen LogP contribution in [0.15, 0.2) is 0 Å². The molecule has 5 nitrogen and oxygen atoms in total. The van der Waals surface area contributed by atoms with Crippen molar-refractivity contribution in [2.75, 3.05) is 18.6 Å². The minimum absolute atomic E-state index is 0.425. The topological polar surface area (TPSA) is 79.1 Å². The molecule has 0 saturated carbocycles. The van der Waals surface area contributed by atoms with Crippen molar-refractivity contribution >= 4 is 11.5 Å². The van der Waals surface area contributed by atoms with Crippen LogP contribution in [0.4, 0.5) is 11.5 Å². The van der Waals surface area contributed by atoms with E-state index in [9.17, 15) is 0 Å². The van der Waals surface area contributed by atoms with Gasteiger partial charge in [-0.15, -0.1) is 5.10 Å². The zero-order valence-corrected chi connectivity index (χ0v) is 10.9. The van der Waals surface area contributed by atoms with E-state index in [2.05, 4.69) is 12.0 Å². The molecule has 1 aromatic rings. The third kappa shape index (κ3) is 3.84. The van der Waals surface area contributed by atoms with Gasteiger partial charge in [-0.25, -0.2) is 4.68 Å². The van der Waals surface area contributed by atoms with E-state index in [0.717, 1.165) is 13.0 Å². The zero-order valence-electron chi connectivity index (χ0n) is 10.9. The van der Waals surface area contributed by atoms with E-state index in [4.69, 9.17) is 16.2 Å². The van der Waals surface area contributed by atoms with Crippen LogP contribution < -0.4 is 16.2 Å². The maximum Gasteiger partial charge on any atom is 0.258 e. The summed E-state index contributed by atoms with van der Waals surface area (Å²) in [5.74, 6) is 0.934. The Kier molecular flexibility index (Phi) is 5.66. The third-order valence-electron chi connectivity index (χ3n) is 2.91. The van der Waals surface area contributed by atoms with E-state index in [-0.39, 0.29) is 0 Å². The van der Waals surface area contributed by atoms with Crippen LogP contribution in [0.5, 0.6) is 5.88 Å². The van der Waals surface area contributed by atoms with Crippen LogP contribution in [0.2, 0.25) is 0 Å². The van der Waals surface area contributed by atoms with Crippen molar-refractivity contribution in [2.24, 2.45) is 0 Å². The summed E-state index contributed by atoms with van der Waals surface area (Å²) < 4.78 is 6.76. The van der Waals surface area contributed by atoms with Crippen molar-refractivity contribution in [3.8, 4) is 5.88 Å². The average Bonchev–Trinajstić information content (AvgIpc) is 2.61. The second-order valence-corrected chi connectivity index (χ2v) is 4.30. The molecule has 0 atom stereocenters. The number of nitrogens with zero attached hydrogens (tertiary/aromatic N) is 2. The summed E-state index contributed by atoms with van der Waals surface area (Å²) in [6.07, 6.45) is 7.49. The Labute approximate surface area is 103 Å². The minimum atomic E-state index is 0.425. The highest BCUT2D eigenvalue weighted by atomic mass is 16.5. The SMILES string of the molecule is CCCCCCCCn1nc(OC)c(N)c1N. The summed E-state index contributed by atoms with van der Waals surface area (Å²) >= 11 is 0. The van der Waals surface area contributed by atoms with Gasteiger partial charge in [0.15, 0.2) is 0 Å². The molecule has 0 spiro atoms. The molecule has 0 aliphatic heterocycles. The highest BCUT2D eigenvalue weighted by Crippen LogP contribution is 2.26. The van der Waals surface area contributed by atoms with Crippen LogP contribution in [0, 0.1) is 0 Å². The maximum atomic E-state index is 5.84. The van der Waals surface area contributed by atoms with Crippen LogP contribution in [-0.4, -0.2) is 16.9 Å². The molecule has 4 N–H and O–H groups in total. The van der Waals surface area contributed by atoms with Crippen LogP contribution in [-0.2, 0) is 6.54 Å². The van der Waals surface area contributed by atoms with Crippen LogP contribution in [0.3, 0.4) is 0 Å². The number of anilines is 2. The van der Waals surface area contributed by atoms with Gasteiger partial charge in [0.2, 0.25) is 0 Å². The molecule has 17 heavy (non-hydrogen) atoms. The predicted octanol–water partition coefficient (Wildman–Crippen LogP) is 2.42. The maximum absolute atomic E-state index is 5.84. The molecule has 0 bridgehead atoms. The second kappa shape index (κ2) is 7.04. The number of aromatic nitrogens is 2. The molecule has 98 valence electrons. The molecule has 1 aromatic heterocycles. The van der Waals surface area contributed by atoms with Crippen LogP contribution in [0.25, 0.3) is 0 Å². The molecule has 0 saturated heterocycles. The van der Waals surface area contributed by atoms with Gasteiger partial charge in [0.1, 0.15) is 11.5 Å². The predicted molar refractivity (Wildman–Crippen MR) is 71.0 cm³/mol. The summed E-state index contributed by atoms with van der Waals surface area (Å²) in [6.45, 7) is 3.03. The first-order chi connectivity index (χ1) is 8.20. The molecular formula is C12H24N4O. The Hall–Kier alpha value is -1.39. The quantitative estimate of drug-likeness (QED) is 0.684. The summed E-state index contributed by atoms with van der Waals surface area (Å²) in [7, 11) is 1.55. The van der Waals surface area contributed by atoms with E-state index < -0.39 is 0 Å². The lowest BCUT2D eigenvalue weighted by molar-refractivity contribution is 0.388. The third-order valence-corrected chi connectivity index (χ3v) is 2.91. The minimum Gasteiger partial charge on any atom is -0.478 e. The van der Waals surface area contributed by atoms with Crippen molar-refractivity contribution in [2.45, 2.75) is 52.0 Å². The van der Waals surface area contributed by atoms with E-state index >= 15 is 0 Å². The van der Waals surface area contributed by atoms with Gasteiger partial charge in [-0.1, -0.05) is 39.0 Å². The van der Waals surface area contributed by atoms with Gasteiger partial charge in [0, 0.05) is 6.54 Å². The van der Waals surface area contributed by atoms with E-state index in [1.54, 1.807) is 11.8 Å². The number of hydrogen-bond donors (Lipinski definition) is 2. The number of ether oxygens (including phenoxy) is 1. The lowest BCUT2D eigenvalue weighted by atomic mass is 10.1. The first kappa shape index (κ1) is 13.7. The molecule has 1 heterocycles. The fraction of sp³-hybridized carbons (Fsp3) is 0.750. The van der Waals surface area contributed by atoms with E-state index in [0.29, 0.717) is 17.4 Å². The standard InChI is InChI=1S/C12H24N4O/c1-3-4-5-6-7-8-9-16-11(14)10(13)12(15-16)17-2/h3-9,13-14H2,1-2H3. The van der Waals surface area contributed by atoms with Crippen molar-refractivity contribution in [1.29, 1.82) is 0 Å². The second-order valence-electron chi connectivity index (χ2n) is 4.30. The first-order valence-electron chi connectivity index (χ1n) is 6.36. The normalized spacial score (nSPS) is 10.7. The fourth-order valence-electron chi connectivity index (χ4n) is 1.83. The molecule has 0 aliphatic carbocycles. The van der Waals surface area contributed by atoms with Crippen molar-refractivity contribution < 1.29 is 4.74 Å². The van der Waals surface area contributed by atoms with Gasteiger partial charge in [-0.3, -0.25) is 0 Å². The van der Waals surface area contributed by atoms with Crippen molar-refractivity contribution in [1.82, 2.24) is 9.78 Å². The van der Waals surface area contributed by atoms with Gasteiger partial charge in [-0.05, 0) is 6.42 Å². The summed E-state index contributed by atoms with van der Waals surface area (Å²) in [5.41, 5.74) is 12.0. The van der Waals surface area contributed by atoms with Crippen molar-refractivity contribution in [3.05, 3.63) is 0 Å². The number of rotatable bonds is 8. The highest BCUT2D eigenvalue weighted by Gasteiger charge is 2.12. The van der Waals surface area contributed by atoms with Gasteiger partial charge in [-0.2, -0.15) is 0 Å². The van der Waals surface area contributed by atoms with Crippen molar-refractivity contribution in [3.63, 3.8) is 0 Å². The Balaban J connectivity index is 2.32. The highest BCUT2D eigenvalue weighted by molar-refractivity contribution is 5.65. The Morgan fingerprint density at radius 1 is 1.12 bits per heavy atom. The number of nitrogen functional groups attached to an aromatic ring is 2. The van der Waals surface area contributed by atoms with Gasteiger partial charge in [0.25, 0.3) is 5.88 Å². The molecule has 1 rings (SSSR count). The molecule has 0 radical (unpaired) electrons. The smallest absolute Gasteiger partial charge is 0.258 e. The van der Waals surface area contributed by atoms with Crippen LogP contribution in [0.1, 0.15) is 45.4 Å². The molecular weight excluding hydrogens is 216 g/mol. The molecule has 0 amide bonds. The summed E-state index contributed by atoms with van der Waals surface area (Å²) in [6, 6.07) is 0. The zero-order chi connectivity index (χ0) is 12.7. The molecule has 0 aliphatic rings. The molecule has 0 unspecified atom stereocenters. The Bertz CT molecular complexity index is 335. The number of aryl methyl sites for hydroxylation is 1. The molecule has 0 aromatic carbocycles. The van der Waals surface area contributed by atoms with Crippen LogP contribution >= 0.6 is 0 Å². The largest absolute Gasteiger partial charge is 0.478 e. The summed E-state index contributed by atoms with van der Waals surface area (Å²) in [4.78, 5) is 0. The van der Waals surface area contributed by atoms with E-state index in [1.165, 1.54) is 32.1 Å². The number of nitrogens with two attached hydrogens (primary N) is 2. The molecule has 0 fully saturated rings. The Morgan fingerprint density at radius 2 is 1.76 bits per heavy atom. The van der Waals surface area contributed by atoms with Gasteiger partial charge in [0.05, 0.1) is 7.11 Å². The average molecular weight is 240 g/mol. The lowest BCUT2D eigenvalue weighted by Crippen LogP contribution is -2.05. The van der Waals surface area contributed by atoms with E-state index in [1.807, 2.05) is 0 Å². The Morgan fingerprint density at radius 3 is 2.35 bits per heavy atom. The number of methoxy groups -OCH3 is 1. The monoisotopic (exact) mass is 240 g/mol. The van der Waals surface area contributed by atoms with Gasteiger partial charge >= 0.3 is 0 Å². The summed E-state index contributed by atoms with van der Waals surface area (Å²) in [5, 5.41) is 4.21.